The maximum Gasteiger partial charge on any atom is 0.242 e. The number of nitrogens with one attached hydrogen (secondary N) is 1. The number of halogens is 1. The Kier molecular flexibility index (Phi) is 3.49. The number of nitrogens with zero attached hydrogens (tertiary/aromatic N) is 2. The molecule has 17 heavy (non-hydrogen) atoms. The fourth-order valence-corrected chi connectivity index (χ4v) is 2.20. The summed E-state index contributed by atoms with van der Waals surface area (Å²) in [6, 6.07) is 8.79. The number of hydrogen-bond donors (Lipinski definition) is 1. The van der Waals surface area contributed by atoms with E-state index in [9.17, 15) is 8.42 Å². The van der Waals surface area contributed by atoms with Crippen molar-refractivity contribution < 1.29 is 8.42 Å². The van der Waals surface area contributed by atoms with Crippen LogP contribution in [0, 0.1) is 0 Å². The second-order valence-electron chi connectivity index (χ2n) is 3.32. The lowest BCUT2D eigenvalue weighted by atomic mass is 10.3. The number of anilines is 1. The van der Waals surface area contributed by atoms with Gasteiger partial charge >= 0.3 is 0 Å². The van der Waals surface area contributed by atoms with E-state index in [1.165, 1.54) is 0 Å². The van der Waals surface area contributed by atoms with Gasteiger partial charge in [0.2, 0.25) is 10.0 Å². The highest BCUT2D eigenvalue weighted by Crippen LogP contribution is 2.14. The number of alkyl halides is 1. The third-order valence-corrected chi connectivity index (χ3v) is 4.70. The SMILES string of the molecule is O=S(=O)(CBr)Nc1ccc(-n2cccn2)cc1. The molecule has 0 amide bonds. The van der Waals surface area contributed by atoms with Crippen LogP contribution < -0.4 is 4.72 Å². The zero-order chi connectivity index (χ0) is 12.3. The Labute approximate surface area is 108 Å². The maximum atomic E-state index is 11.3. The summed E-state index contributed by atoms with van der Waals surface area (Å²) in [6.45, 7) is 0. The van der Waals surface area contributed by atoms with Crippen LogP contribution in [0.15, 0.2) is 42.7 Å². The molecule has 0 unspecified atom stereocenters. The standard InChI is InChI=1S/C10H10BrN3O2S/c11-8-17(15,16)13-9-2-4-10(5-3-9)14-7-1-6-12-14/h1-7,13H,8H2. The molecule has 0 aliphatic rings. The van der Waals surface area contributed by atoms with Crippen LogP contribution in [0.1, 0.15) is 0 Å². The molecule has 1 heterocycles. The number of rotatable bonds is 4. The molecule has 1 aromatic carbocycles. The molecule has 0 radical (unpaired) electrons. The first-order valence-electron chi connectivity index (χ1n) is 4.77. The molecular weight excluding hydrogens is 306 g/mol. The van der Waals surface area contributed by atoms with Crippen molar-refractivity contribution in [2.45, 2.75) is 0 Å². The number of aromatic nitrogens is 2. The van der Waals surface area contributed by atoms with Crippen LogP contribution in [0.4, 0.5) is 5.69 Å². The molecule has 90 valence electrons. The van der Waals surface area contributed by atoms with E-state index < -0.39 is 10.0 Å². The molecule has 0 atom stereocenters. The molecule has 2 aromatic rings. The van der Waals surface area contributed by atoms with Gasteiger partial charge in [0.1, 0.15) is 4.66 Å². The predicted octanol–water partition coefficient (Wildman–Crippen LogP) is 1.97. The molecule has 0 spiro atoms. The van der Waals surface area contributed by atoms with Crippen LogP contribution in [0.5, 0.6) is 0 Å². The van der Waals surface area contributed by atoms with Crippen molar-refractivity contribution >= 4 is 31.6 Å². The largest absolute Gasteiger partial charge is 0.283 e. The Balaban J connectivity index is 2.19. The first-order valence-corrected chi connectivity index (χ1v) is 7.55. The number of hydrogen-bond acceptors (Lipinski definition) is 3. The van der Waals surface area contributed by atoms with Crippen molar-refractivity contribution in [2.24, 2.45) is 0 Å². The van der Waals surface area contributed by atoms with Crippen LogP contribution in [0.25, 0.3) is 5.69 Å². The third-order valence-electron chi connectivity index (χ3n) is 2.05. The molecule has 1 aromatic heterocycles. The average Bonchev–Trinajstić information content (AvgIpc) is 2.83. The van der Waals surface area contributed by atoms with Crippen molar-refractivity contribution in [2.75, 3.05) is 9.38 Å². The Hall–Kier alpha value is -1.34. The Morgan fingerprint density at radius 3 is 2.53 bits per heavy atom. The van der Waals surface area contributed by atoms with Crippen molar-refractivity contribution in [3.8, 4) is 5.69 Å². The van der Waals surface area contributed by atoms with E-state index in [2.05, 4.69) is 25.8 Å². The van der Waals surface area contributed by atoms with Crippen molar-refractivity contribution in [3.05, 3.63) is 42.7 Å². The van der Waals surface area contributed by atoms with Gasteiger partial charge < -0.3 is 0 Å². The summed E-state index contributed by atoms with van der Waals surface area (Å²) in [5, 5.41) is 4.08. The molecule has 0 aliphatic carbocycles. The van der Waals surface area contributed by atoms with Gasteiger partial charge in [0.25, 0.3) is 0 Å². The highest BCUT2D eigenvalue weighted by atomic mass is 79.9. The molecule has 5 nitrogen and oxygen atoms in total. The van der Waals surface area contributed by atoms with Crippen molar-refractivity contribution in [1.82, 2.24) is 9.78 Å². The van der Waals surface area contributed by atoms with Gasteiger partial charge in [-0.05, 0) is 30.3 Å². The fourth-order valence-electron chi connectivity index (χ4n) is 1.31. The number of sulfonamides is 1. The van der Waals surface area contributed by atoms with Gasteiger partial charge in [-0.25, -0.2) is 13.1 Å². The molecule has 0 saturated heterocycles. The first-order chi connectivity index (χ1) is 8.11. The van der Waals surface area contributed by atoms with Gasteiger partial charge in [-0.3, -0.25) is 4.72 Å². The first kappa shape index (κ1) is 12.1. The monoisotopic (exact) mass is 315 g/mol. The zero-order valence-electron chi connectivity index (χ0n) is 8.75. The highest BCUT2D eigenvalue weighted by molar-refractivity contribution is 9.10. The zero-order valence-corrected chi connectivity index (χ0v) is 11.1. The summed E-state index contributed by atoms with van der Waals surface area (Å²) in [4.78, 5) is 0. The van der Waals surface area contributed by atoms with Crippen LogP contribution in [0.2, 0.25) is 0 Å². The Morgan fingerprint density at radius 2 is 2.00 bits per heavy atom. The van der Waals surface area contributed by atoms with Gasteiger partial charge in [-0.2, -0.15) is 5.10 Å². The van der Waals surface area contributed by atoms with E-state index in [0.717, 1.165) is 5.69 Å². The smallest absolute Gasteiger partial charge is 0.242 e. The van der Waals surface area contributed by atoms with E-state index >= 15 is 0 Å². The quantitative estimate of drug-likeness (QED) is 0.877. The van der Waals surface area contributed by atoms with E-state index in [-0.39, 0.29) is 4.66 Å². The lowest BCUT2D eigenvalue weighted by Crippen LogP contribution is -2.13. The lowest BCUT2D eigenvalue weighted by Gasteiger charge is -2.06. The molecule has 1 N–H and O–H groups in total. The van der Waals surface area contributed by atoms with E-state index in [0.29, 0.717) is 5.69 Å². The van der Waals surface area contributed by atoms with Gasteiger partial charge in [0.15, 0.2) is 0 Å². The van der Waals surface area contributed by atoms with Gasteiger partial charge in [0, 0.05) is 18.1 Å². The van der Waals surface area contributed by atoms with E-state index in [1.54, 1.807) is 35.1 Å². The maximum absolute atomic E-state index is 11.3. The minimum absolute atomic E-state index is 0.124. The van der Waals surface area contributed by atoms with Gasteiger partial charge in [-0.15, -0.1) is 0 Å². The second-order valence-corrected chi connectivity index (χ2v) is 6.35. The van der Waals surface area contributed by atoms with Crippen LogP contribution in [-0.2, 0) is 10.0 Å². The summed E-state index contributed by atoms with van der Waals surface area (Å²) in [5.74, 6) is 0. The van der Waals surface area contributed by atoms with Crippen molar-refractivity contribution in [3.63, 3.8) is 0 Å². The minimum atomic E-state index is -3.29. The predicted molar refractivity (Wildman–Crippen MR) is 69.9 cm³/mol. The average molecular weight is 316 g/mol. The summed E-state index contributed by atoms with van der Waals surface area (Å²) < 4.78 is 26.6. The van der Waals surface area contributed by atoms with E-state index in [1.807, 2.05) is 12.3 Å². The normalized spacial score (nSPS) is 11.4. The minimum Gasteiger partial charge on any atom is -0.283 e. The third kappa shape index (κ3) is 3.07. The van der Waals surface area contributed by atoms with Crippen LogP contribution in [-0.4, -0.2) is 22.9 Å². The number of benzene rings is 1. The fraction of sp³-hybridized carbons (Fsp3) is 0.100. The highest BCUT2D eigenvalue weighted by Gasteiger charge is 2.07. The molecule has 0 aliphatic heterocycles. The summed E-state index contributed by atoms with van der Waals surface area (Å²) >= 11 is 2.91. The summed E-state index contributed by atoms with van der Waals surface area (Å²) in [7, 11) is -3.29. The van der Waals surface area contributed by atoms with Crippen molar-refractivity contribution in [1.29, 1.82) is 0 Å². The van der Waals surface area contributed by atoms with Gasteiger partial charge in [-0.1, -0.05) is 15.9 Å². The van der Waals surface area contributed by atoms with Gasteiger partial charge in [0.05, 0.1) is 5.69 Å². The Morgan fingerprint density at radius 1 is 1.29 bits per heavy atom. The molecule has 0 bridgehead atoms. The topological polar surface area (TPSA) is 64.0 Å². The molecular formula is C10H10BrN3O2S. The van der Waals surface area contributed by atoms with Crippen LogP contribution in [0.3, 0.4) is 0 Å². The molecule has 0 saturated carbocycles. The lowest BCUT2D eigenvalue weighted by molar-refractivity contribution is 0.606. The Bertz CT molecular complexity index is 579. The van der Waals surface area contributed by atoms with Crippen LogP contribution >= 0.6 is 15.9 Å². The molecule has 2 rings (SSSR count). The summed E-state index contributed by atoms with van der Waals surface area (Å²) in [6.07, 6.45) is 3.50. The van der Waals surface area contributed by atoms with E-state index in [4.69, 9.17) is 0 Å². The molecule has 7 heteroatoms. The molecule has 0 fully saturated rings. The second kappa shape index (κ2) is 4.89. The summed E-state index contributed by atoms with van der Waals surface area (Å²) in [5.41, 5.74) is 1.40.